The summed E-state index contributed by atoms with van der Waals surface area (Å²) in [5.74, 6) is 1.93. The molecule has 0 saturated carbocycles. The summed E-state index contributed by atoms with van der Waals surface area (Å²) in [6.07, 6.45) is 2.35. The summed E-state index contributed by atoms with van der Waals surface area (Å²) in [5, 5.41) is 4.01. The molecule has 0 amide bonds. The topological polar surface area (TPSA) is 105 Å². The van der Waals surface area contributed by atoms with E-state index in [9.17, 15) is 13.2 Å². The van der Waals surface area contributed by atoms with Gasteiger partial charge in [-0.05, 0) is 61.9 Å². The van der Waals surface area contributed by atoms with E-state index in [4.69, 9.17) is 18.2 Å². The minimum Gasteiger partial charge on any atom is -0.486 e. The molecule has 0 aliphatic carbocycles. The van der Waals surface area contributed by atoms with Crippen LogP contribution in [0, 0.1) is 0 Å². The van der Waals surface area contributed by atoms with Gasteiger partial charge in [-0.2, -0.15) is 8.42 Å². The van der Waals surface area contributed by atoms with Crippen molar-refractivity contribution in [1.82, 2.24) is 5.16 Å². The number of aromatic nitrogens is 1. The molecule has 3 rings (SSSR count). The number of hydrogen-bond acceptors (Lipinski definition) is 8. The lowest BCUT2D eigenvalue weighted by atomic mass is 10.1. The SMILES string of the molecule is CC[C@](C)(C=O)Oc1ccc(OCc2cc(-c3ccc(OS(C)(=O)=O)cc3)no2)cc1. The number of aldehydes is 1. The van der Waals surface area contributed by atoms with Gasteiger partial charge in [0.1, 0.15) is 29.5 Å². The second-order valence-corrected chi connectivity index (χ2v) is 8.71. The average molecular weight is 445 g/mol. The van der Waals surface area contributed by atoms with Crippen LogP contribution in [0.3, 0.4) is 0 Å². The maximum atomic E-state index is 11.2. The highest BCUT2D eigenvalue weighted by atomic mass is 32.2. The van der Waals surface area contributed by atoms with E-state index in [0.717, 1.165) is 18.1 Å². The molecule has 31 heavy (non-hydrogen) atoms. The molecule has 164 valence electrons. The Labute approximate surface area is 180 Å². The predicted octanol–water partition coefficient (Wildman–Crippen LogP) is 4.01. The number of rotatable bonds is 10. The van der Waals surface area contributed by atoms with Crippen LogP contribution in [0.5, 0.6) is 17.2 Å². The van der Waals surface area contributed by atoms with Gasteiger partial charge in [0, 0.05) is 11.6 Å². The highest BCUT2D eigenvalue weighted by molar-refractivity contribution is 7.86. The zero-order valence-electron chi connectivity index (χ0n) is 17.4. The van der Waals surface area contributed by atoms with Gasteiger partial charge in [-0.3, -0.25) is 4.79 Å². The molecular formula is C22H23NO7S. The first-order chi connectivity index (χ1) is 14.7. The fourth-order valence-corrected chi connectivity index (χ4v) is 3.04. The quantitative estimate of drug-likeness (QED) is 0.341. The van der Waals surface area contributed by atoms with Crippen LogP contribution in [0.25, 0.3) is 11.3 Å². The molecule has 0 saturated heterocycles. The van der Waals surface area contributed by atoms with E-state index in [0.29, 0.717) is 29.4 Å². The normalized spacial score (nSPS) is 13.3. The average Bonchev–Trinajstić information content (AvgIpc) is 3.21. The predicted molar refractivity (Wildman–Crippen MR) is 114 cm³/mol. The van der Waals surface area contributed by atoms with Crippen molar-refractivity contribution in [2.45, 2.75) is 32.5 Å². The van der Waals surface area contributed by atoms with Crippen LogP contribution in [0.1, 0.15) is 26.0 Å². The molecule has 1 heterocycles. The lowest BCUT2D eigenvalue weighted by Crippen LogP contribution is -2.33. The Hall–Kier alpha value is -3.33. The van der Waals surface area contributed by atoms with Gasteiger partial charge in [0.2, 0.25) is 0 Å². The van der Waals surface area contributed by atoms with Gasteiger partial charge in [-0.15, -0.1) is 0 Å². The molecule has 8 nitrogen and oxygen atoms in total. The van der Waals surface area contributed by atoms with Crippen molar-refractivity contribution in [2.24, 2.45) is 0 Å². The summed E-state index contributed by atoms with van der Waals surface area (Å²) >= 11 is 0. The Morgan fingerprint density at radius 2 is 1.65 bits per heavy atom. The zero-order chi connectivity index (χ0) is 22.5. The Morgan fingerprint density at radius 1 is 1.03 bits per heavy atom. The number of carbonyl (C=O) groups excluding carboxylic acids is 1. The molecule has 1 atom stereocenters. The van der Waals surface area contributed by atoms with Gasteiger partial charge in [-0.25, -0.2) is 0 Å². The maximum absolute atomic E-state index is 11.2. The van der Waals surface area contributed by atoms with Crippen molar-refractivity contribution in [1.29, 1.82) is 0 Å². The van der Waals surface area contributed by atoms with Crippen molar-refractivity contribution < 1.29 is 31.4 Å². The smallest absolute Gasteiger partial charge is 0.306 e. The summed E-state index contributed by atoms with van der Waals surface area (Å²) < 4.78 is 43.9. The summed E-state index contributed by atoms with van der Waals surface area (Å²) in [5.41, 5.74) is 0.473. The first-order valence-corrected chi connectivity index (χ1v) is 11.3. The molecule has 0 bridgehead atoms. The lowest BCUT2D eigenvalue weighted by Gasteiger charge is -2.23. The molecule has 0 fully saturated rings. The van der Waals surface area contributed by atoms with Crippen LogP contribution in [0.4, 0.5) is 0 Å². The van der Waals surface area contributed by atoms with Gasteiger partial charge >= 0.3 is 10.1 Å². The summed E-state index contributed by atoms with van der Waals surface area (Å²) in [4.78, 5) is 11.2. The number of ether oxygens (including phenoxy) is 2. The van der Waals surface area contributed by atoms with Gasteiger partial charge < -0.3 is 18.2 Å². The summed E-state index contributed by atoms with van der Waals surface area (Å²) in [6.45, 7) is 3.79. The summed E-state index contributed by atoms with van der Waals surface area (Å²) in [6, 6.07) is 15.1. The molecule has 0 aliphatic rings. The number of nitrogens with zero attached hydrogens (tertiary/aromatic N) is 1. The third-order valence-corrected chi connectivity index (χ3v) is 4.96. The molecule has 0 spiro atoms. The standard InChI is InChI=1S/C22H23NO7S/c1-4-22(2,15-24)28-18-11-9-17(10-12-18)27-14-20-13-21(23-29-20)16-5-7-19(8-6-16)30-31(3,25)26/h5-13,15H,4,14H2,1-3H3/t22-/m1/s1. The highest BCUT2D eigenvalue weighted by Gasteiger charge is 2.23. The first kappa shape index (κ1) is 22.4. The van der Waals surface area contributed by atoms with Crippen LogP contribution in [-0.4, -0.2) is 31.7 Å². The van der Waals surface area contributed by atoms with Crippen molar-refractivity contribution >= 4 is 16.4 Å². The van der Waals surface area contributed by atoms with Crippen LogP contribution in [0.2, 0.25) is 0 Å². The third-order valence-electron chi connectivity index (χ3n) is 4.46. The fraction of sp³-hybridized carbons (Fsp3) is 0.273. The van der Waals surface area contributed by atoms with E-state index in [1.54, 1.807) is 61.5 Å². The minimum absolute atomic E-state index is 0.170. The van der Waals surface area contributed by atoms with E-state index < -0.39 is 15.7 Å². The second kappa shape index (κ2) is 9.22. The number of carbonyl (C=O) groups is 1. The number of hydrogen-bond donors (Lipinski definition) is 0. The highest BCUT2D eigenvalue weighted by Crippen LogP contribution is 2.25. The lowest BCUT2D eigenvalue weighted by molar-refractivity contribution is -0.120. The van der Waals surface area contributed by atoms with Gasteiger partial charge in [0.25, 0.3) is 0 Å². The van der Waals surface area contributed by atoms with Crippen LogP contribution >= 0.6 is 0 Å². The molecule has 1 aromatic heterocycles. The van der Waals surface area contributed by atoms with Crippen molar-refractivity contribution in [3.05, 3.63) is 60.4 Å². The second-order valence-electron chi connectivity index (χ2n) is 7.14. The van der Waals surface area contributed by atoms with Gasteiger partial charge in [0.15, 0.2) is 17.6 Å². The molecule has 0 aliphatic heterocycles. The first-order valence-electron chi connectivity index (χ1n) is 9.53. The van der Waals surface area contributed by atoms with Gasteiger partial charge in [-0.1, -0.05) is 12.1 Å². The van der Waals surface area contributed by atoms with E-state index in [1.165, 1.54) is 0 Å². The fourth-order valence-electron chi connectivity index (χ4n) is 2.58. The van der Waals surface area contributed by atoms with E-state index in [2.05, 4.69) is 5.16 Å². The molecule has 0 N–H and O–H groups in total. The molecule has 0 radical (unpaired) electrons. The Kier molecular flexibility index (Phi) is 6.65. The van der Waals surface area contributed by atoms with E-state index >= 15 is 0 Å². The zero-order valence-corrected chi connectivity index (χ0v) is 18.2. The Bertz CT molecular complexity index is 1120. The maximum Gasteiger partial charge on any atom is 0.306 e. The Balaban J connectivity index is 1.58. The van der Waals surface area contributed by atoms with Crippen LogP contribution in [-0.2, 0) is 21.5 Å². The van der Waals surface area contributed by atoms with E-state index in [1.807, 2.05) is 6.92 Å². The third kappa shape index (κ3) is 6.32. The van der Waals surface area contributed by atoms with Crippen molar-refractivity contribution in [2.75, 3.05) is 6.26 Å². The molecule has 0 unspecified atom stereocenters. The largest absolute Gasteiger partial charge is 0.486 e. The van der Waals surface area contributed by atoms with Crippen LogP contribution < -0.4 is 13.7 Å². The van der Waals surface area contributed by atoms with E-state index in [-0.39, 0.29) is 12.4 Å². The molecule has 9 heteroatoms. The van der Waals surface area contributed by atoms with Gasteiger partial charge in [0.05, 0.1) is 6.26 Å². The summed E-state index contributed by atoms with van der Waals surface area (Å²) in [7, 11) is -3.57. The van der Waals surface area contributed by atoms with Crippen LogP contribution in [0.15, 0.2) is 59.1 Å². The molecular weight excluding hydrogens is 422 g/mol. The number of benzene rings is 2. The van der Waals surface area contributed by atoms with Crippen molar-refractivity contribution in [3.63, 3.8) is 0 Å². The van der Waals surface area contributed by atoms with Crippen molar-refractivity contribution in [3.8, 4) is 28.5 Å². The molecule has 2 aromatic carbocycles. The monoisotopic (exact) mass is 445 g/mol. The molecule has 3 aromatic rings. The minimum atomic E-state index is -3.57. The Morgan fingerprint density at radius 3 is 2.23 bits per heavy atom.